The summed E-state index contributed by atoms with van der Waals surface area (Å²) < 4.78 is 10.6. The first-order valence-electron chi connectivity index (χ1n) is 13.9. The lowest BCUT2D eigenvalue weighted by Crippen LogP contribution is -2.44. The van der Waals surface area contributed by atoms with Gasteiger partial charge in [0.1, 0.15) is 11.5 Å². The van der Waals surface area contributed by atoms with Gasteiger partial charge in [-0.05, 0) is 65.6 Å². The summed E-state index contributed by atoms with van der Waals surface area (Å²) in [5.41, 5.74) is 4.67. The van der Waals surface area contributed by atoms with Crippen LogP contribution in [0.25, 0.3) is 0 Å². The van der Waals surface area contributed by atoms with Gasteiger partial charge in [-0.15, -0.1) is 0 Å². The highest BCUT2D eigenvalue weighted by Crippen LogP contribution is 2.52. The SMILES string of the molecule is COc1ccc(C2CC(=O)C3=C(C2)N(N)C2=C(C(=O)CC(c4ccc(OC)cc4)C2)C3c2cccc([N+](=O)[O-])c2)cc1. The highest BCUT2D eigenvalue weighted by Gasteiger charge is 2.46. The largest absolute Gasteiger partial charge is 0.497 e. The standard InChI is InChI=1S/C33H31N3O6/c1-41-25-10-6-19(7-11-25)22-15-27-32(29(37)17-22)31(21-4-3-5-24(14-21)36(39)40)33-28(35(27)34)16-23(18-30(33)38)20-8-12-26(42-2)13-9-20/h3-14,22-23,31H,15-18,34H2,1-2H3. The van der Waals surface area contributed by atoms with E-state index in [9.17, 15) is 19.7 Å². The van der Waals surface area contributed by atoms with Crippen LogP contribution >= 0.6 is 0 Å². The van der Waals surface area contributed by atoms with Crippen molar-refractivity contribution < 1.29 is 24.0 Å². The molecule has 2 N–H and O–H groups in total. The van der Waals surface area contributed by atoms with E-state index in [1.165, 1.54) is 12.1 Å². The van der Waals surface area contributed by atoms with E-state index in [1.807, 2.05) is 48.5 Å². The van der Waals surface area contributed by atoms with Crippen molar-refractivity contribution in [2.45, 2.75) is 43.4 Å². The van der Waals surface area contributed by atoms with Crippen molar-refractivity contribution >= 4 is 17.3 Å². The molecule has 9 heteroatoms. The number of nitrogens with zero attached hydrogens (tertiary/aromatic N) is 2. The number of nitro benzene ring substituents is 1. The molecule has 0 saturated heterocycles. The summed E-state index contributed by atoms with van der Waals surface area (Å²) in [5, 5.41) is 13.2. The Hall–Kier alpha value is -4.76. The quantitative estimate of drug-likeness (QED) is 0.230. The topological polar surface area (TPSA) is 125 Å². The zero-order chi connectivity index (χ0) is 29.5. The molecule has 3 aromatic carbocycles. The van der Waals surface area contributed by atoms with Gasteiger partial charge < -0.3 is 9.47 Å². The van der Waals surface area contributed by atoms with Crippen LogP contribution in [0.5, 0.6) is 11.5 Å². The molecule has 214 valence electrons. The first-order chi connectivity index (χ1) is 20.3. The van der Waals surface area contributed by atoms with Crippen LogP contribution in [0.1, 0.15) is 60.1 Å². The van der Waals surface area contributed by atoms with Gasteiger partial charge in [-0.1, -0.05) is 36.4 Å². The predicted octanol–water partition coefficient (Wildman–Crippen LogP) is 5.69. The van der Waals surface area contributed by atoms with Crippen molar-refractivity contribution in [1.29, 1.82) is 0 Å². The van der Waals surface area contributed by atoms with Crippen LogP contribution in [-0.4, -0.2) is 35.7 Å². The molecule has 1 heterocycles. The second-order valence-corrected chi connectivity index (χ2v) is 11.0. The Balaban J connectivity index is 1.46. The molecule has 3 aromatic rings. The van der Waals surface area contributed by atoms with E-state index in [1.54, 1.807) is 31.4 Å². The number of non-ortho nitro benzene ring substituents is 1. The molecule has 0 amide bonds. The summed E-state index contributed by atoms with van der Waals surface area (Å²) in [6.45, 7) is 0. The van der Waals surface area contributed by atoms with Crippen molar-refractivity contribution in [2.24, 2.45) is 5.84 Å². The maximum Gasteiger partial charge on any atom is 0.269 e. The van der Waals surface area contributed by atoms with Crippen LogP contribution in [0.4, 0.5) is 5.69 Å². The number of ether oxygens (including phenoxy) is 2. The fraction of sp³-hybridized carbons (Fsp3) is 0.273. The monoisotopic (exact) mass is 565 g/mol. The van der Waals surface area contributed by atoms with Gasteiger partial charge in [0.05, 0.1) is 19.1 Å². The first-order valence-corrected chi connectivity index (χ1v) is 13.9. The molecule has 0 spiro atoms. The Labute approximate surface area is 243 Å². The lowest BCUT2D eigenvalue weighted by Gasteiger charge is -2.44. The average Bonchev–Trinajstić information content (AvgIpc) is 3.01. The van der Waals surface area contributed by atoms with Gasteiger partial charge in [-0.2, -0.15) is 0 Å². The number of rotatable bonds is 6. The molecule has 2 unspecified atom stereocenters. The van der Waals surface area contributed by atoms with E-state index in [0.717, 1.165) is 22.6 Å². The van der Waals surface area contributed by atoms with E-state index >= 15 is 0 Å². The molecule has 0 fully saturated rings. The normalized spacial score (nSPS) is 22.1. The maximum absolute atomic E-state index is 14.0. The fourth-order valence-corrected chi connectivity index (χ4v) is 6.61. The Morgan fingerprint density at radius 1 is 0.738 bits per heavy atom. The molecule has 0 aromatic heterocycles. The second-order valence-electron chi connectivity index (χ2n) is 11.0. The summed E-state index contributed by atoms with van der Waals surface area (Å²) in [5.74, 6) is 7.11. The molecule has 0 radical (unpaired) electrons. The zero-order valence-electron chi connectivity index (χ0n) is 23.4. The van der Waals surface area contributed by atoms with Gasteiger partial charge in [0.15, 0.2) is 11.6 Å². The third kappa shape index (κ3) is 4.75. The number of methoxy groups -OCH3 is 2. The molecule has 42 heavy (non-hydrogen) atoms. The van der Waals surface area contributed by atoms with Gasteiger partial charge >= 0.3 is 0 Å². The Bertz CT molecular complexity index is 1550. The van der Waals surface area contributed by atoms with Crippen molar-refractivity contribution in [3.63, 3.8) is 0 Å². The molecule has 6 rings (SSSR count). The lowest BCUT2D eigenvalue weighted by molar-refractivity contribution is -0.384. The predicted molar refractivity (Wildman–Crippen MR) is 156 cm³/mol. The van der Waals surface area contributed by atoms with Gasteiger partial charge in [-0.3, -0.25) is 24.7 Å². The smallest absolute Gasteiger partial charge is 0.269 e. The van der Waals surface area contributed by atoms with Gasteiger partial charge in [-0.25, -0.2) is 5.84 Å². The number of benzene rings is 3. The molecular weight excluding hydrogens is 534 g/mol. The second kappa shape index (κ2) is 10.9. The van der Waals surface area contributed by atoms with Gasteiger partial charge in [0, 0.05) is 53.4 Å². The van der Waals surface area contributed by atoms with E-state index in [-0.39, 0.29) is 41.9 Å². The van der Waals surface area contributed by atoms with Gasteiger partial charge in [0.2, 0.25) is 0 Å². The van der Waals surface area contributed by atoms with Crippen molar-refractivity contribution in [3.8, 4) is 11.5 Å². The molecular formula is C33H31N3O6. The van der Waals surface area contributed by atoms with Gasteiger partial charge in [0.25, 0.3) is 5.69 Å². The van der Waals surface area contributed by atoms with Crippen LogP contribution in [0.3, 0.4) is 0 Å². The Kier molecular flexibility index (Phi) is 7.12. The number of carbonyl (C=O) groups excluding carboxylic acids is 2. The van der Waals surface area contributed by atoms with Crippen LogP contribution < -0.4 is 15.3 Å². The highest BCUT2D eigenvalue weighted by atomic mass is 16.6. The summed E-state index contributed by atoms with van der Waals surface area (Å²) in [6.07, 6.45) is 1.48. The fourth-order valence-electron chi connectivity index (χ4n) is 6.61. The summed E-state index contributed by atoms with van der Waals surface area (Å²) >= 11 is 0. The third-order valence-corrected chi connectivity index (χ3v) is 8.71. The minimum atomic E-state index is -0.719. The van der Waals surface area contributed by atoms with Crippen molar-refractivity contribution in [2.75, 3.05) is 14.2 Å². The number of ketones is 2. The molecule has 1 aliphatic heterocycles. The number of nitro groups is 1. The molecule has 0 bridgehead atoms. The Morgan fingerprint density at radius 2 is 1.21 bits per heavy atom. The summed E-state index contributed by atoms with van der Waals surface area (Å²) in [7, 11) is 3.21. The van der Waals surface area contributed by atoms with Crippen LogP contribution in [0, 0.1) is 10.1 Å². The molecule has 2 aliphatic carbocycles. The summed E-state index contributed by atoms with van der Waals surface area (Å²) in [4.78, 5) is 39.1. The third-order valence-electron chi connectivity index (χ3n) is 8.71. The number of hydrogen-bond donors (Lipinski definition) is 1. The lowest BCUT2D eigenvalue weighted by atomic mass is 9.67. The van der Waals surface area contributed by atoms with Crippen molar-refractivity contribution in [1.82, 2.24) is 5.01 Å². The average molecular weight is 566 g/mol. The first kappa shape index (κ1) is 27.4. The van der Waals surface area contributed by atoms with E-state index in [2.05, 4.69) is 0 Å². The number of Topliss-reactive ketones (excluding diaryl/α,β-unsaturated/α-hetero) is 2. The van der Waals surface area contributed by atoms with E-state index < -0.39 is 10.8 Å². The summed E-state index contributed by atoms with van der Waals surface area (Å²) in [6, 6.07) is 21.6. The Morgan fingerprint density at radius 3 is 1.64 bits per heavy atom. The van der Waals surface area contributed by atoms with Crippen LogP contribution in [-0.2, 0) is 9.59 Å². The number of hydrazine groups is 1. The molecule has 2 atom stereocenters. The van der Waals surface area contributed by atoms with E-state index in [4.69, 9.17) is 15.3 Å². The number of allylic oxidation sites excluding steroid dienone is 4. The van der Waals surface area contributed by atoms with E-state index in [0.29, 0.717) is 40.9 Å². The minimum absolute atomic E-state index is 0.0919. The zero-order valence-corrected chi connectivity index (χ0v) is 23.4. The maximum atomic E-state index is 14.0. The number of nitrogens with two attached hydrogens (primary N) is 1. The number of hydrogen-bond acceptors (Lipinski definition) is 8. The minimum Gasteiger partial charge on any atom is -0.497 e. The number of carbonyl (C=O) groups is 2. The molecule has 0 saturated carbocycles. The molecule has 3 aliphatic rings. The highest BCUT2D eigenvalue weighted by molar-refractivity contribution is 6.07. The molecule has 9 nitrogen and oxygen atoms in total. The van der Waals surface area contributed by atoms with Crippen molar-refractivity contribution in [3.05, 3.63) is 122 Å². The van der Waals surface area contributed by atoms with Crippen LogP contribution in [0.15, 0.2) is 95.3 Å². The van der Waals surface area contributed by atoms with Crippen LogP contribution in [0.2, 0.25) is 0 Å².